The Morgan fingerprint density at radius 3 is 1.83 bits per heavy atom. The number of aliphatic hydroxyl groups is 2. The predicted molar refractivity (Wildman–Crippen MR) is 93.6 cm³/mol. The molecule has 0 saturated carbocycles. The molecule has 0 spiro atoms. The van der Waals surface area contributed by atoms with E-state index in [1.807, 2.05) is 36.4 Å². The molecular weight excluding hydrogens is 288 g/mol. The maximum Gasteiger partial charge on any atom is 0.262 e. The van der Waals surface area contributed by atoms with Crippen LogP contribution in [0.15, 0.2) is 60.7 Å². The first-order chi connectivity index (χ1) is 11.2. The Bertz CT molecular complexity index is 724. The molecule has 0 radical (unpaired) electrons. The van der Waals surface area contributed by atoms with Crippen molar-refractivity contribution in [2.45, 2.75) is 13.0 Å². The lowest BCUT2D eigenvalue weighted by molar-refractivity contribution is 0.0495. The Morgan fingerprint density at radius 1 is 0.783 bits per heavy atom. The van der Waals surface area contributed by atoms with Gasteiger partial charge in [0.25, 0.3) is 5.76 Å². The molecule has 0 saturated heterocycles. The van der Waals surface area contributed by atoms with Crippen LogP contribution in [0.25, 0.3) is 11.3 Å². The van der Waals surface area contributed by atoms with E-state index >= 15 is 0 Å². The summed E-state index contributed by atoms with van der Waals surface area (Å²) in [5.41, 5.74) is 3.44. The summed E-state index contributed by atoms with van der Waals surface area (Å²) < 4.78 is 15.2. The van der Waals surface area contributed by atoms with Gasteiger partial charge < -0.3 is 14.2 Å². The number of ether oxygens (including phenoxy) is 3. The van der Waals surface area contributed by atoms with E-state index in [1.165, 1.54) is 11.1 Å². The van der Waals surface area contributed by atoms with E-state index in [9.17, 15) is 0 Å². The molecule has 0 aliphatic carbocycles. The summed E-state index contributed by atoms with van der Waals surface area (Å²) >= 11 is 0. The number of benzene rings is 2. The Morgan fingerprint density at radius 2 is 1.30 bits per heavy atom. The minimum Gasteiger partial charge on any atom is -0.577 e. The topological polar surface area (TPSA) is 31.3 Å². The molecule has 1 unspecified atom stereocenters. The van der Waals surface area contributed by atoms with Crippen LogP contribution in [0.2, 0.25) is 0 Å². The third-order valence-electron chi connectivity index (χ3n) is 3.86. The molecule has 3 nitrogen and oxygen atoms in total. The number of hydrogen-bond donors (Lipinski definition) is 0. The number of hydrogen-bond acceptors (Lipinski definition) is 2. The van der Waals surface area contributed by atoms with Crippen molar-refractivity contribution in [2.75, 3.05) is 14.2 Å². The van der Waals surface area contributed by atoms with Gasteiger partial charge >= 0.3 is 0 Å². The van der Waals surface area contributed by atoms with E-state index in [1.54, 1.807) is 14.2 Å². The molecule has 0 bridgehead atoms. The van der Waals surface area contributed by atoms with E-state index in [0.29, 0.717) is 0 Å². The zero-order valence-corrected chi connectivity index (χ0v) is 13.6. The van der Waals surface area contributed by atoms with Gasteiger partial charge in [-0.2, -0.15) is 0 Å². The van der Waals surface area contributed by atoms with Crippen molar-refractivity contribution >= 4 is 11.3 Å². The molecule has 0 amide bonds. The smallest absolute Gasteiger partial charge is 0.262 e. The lowest BCUT2D eigenvalue weighted by atomic mass is 9.99. The van der Waals surface area contributed by atoms with Crippen molar-refractivity contribution in [1.82, 2.24) is 0 Å². The zero-order chi connectivity index (χ0) is 16.2. The summed E-state index contributed by atoms with van der Waals surface area (Å²) in [5, 5.41) is 0. The van der Waals surface area contributed by atoms with Crippen LogP contribution in [0, 0.1) is 0 Å². The second-order valence-corrected chi connectivity index (χ2v) is 5.48. The van der Waals surface area contributed by atoms with Gasteiger partial charge in [0.2, 0.25) is 0 Å². The molecule has 1 heterocycles. The Labute approximate surface area is 136 Å². The third-order valence-corrected chi connectivity index (χ3v) is 3.86. The van der Waals surface area contributed by atoms with Crippen LogP contribution in [0.4, 0.5) is 0 Å². The highest BCUT2D eigenvalue weighted by Crippen LogP contribution is 2.29. The summed E-state index contributed by atoms with van der Waals surface area (Å²) in [6.45, 7) is 2.10. The van der Waals surface area contributed by atoms with E-state index in [0.717, 1.165) is 22.8 Å². The van der Waals surface area contributed by atoms with Crippen LogP contribution in [-0.2, 0) is 0 Å². The fourth-order valence-corrected chi connectivity index (χ4v) is 2.63. The molecule has 1 aliphatic rings. The molecule has 2 aromatic rings. The average molecular weight is 309 g/mol. The highest BCUT2D eigenvalue weighted by atomic mass is 16.5. The molecule has 118 valence electrons. The van der Waals surface area contributed by atoms with Gasteiger partial charge in [0.15, 0.2) is 6.10 Å². The van der Waals surface area contributed by atoms with E-state index in [-0.39, 0.29) is 6.10 Å². The van der Waals surface area contributed by atoms with Crippen LogP contribution in [0.5, 0.6) is 11.5 Å². The van der Waals surface area contributed by atoms with Gasteiger partial charge in [-0.15, -0.1) is 0 Å². The third kappa shape index (κ3) is 3.39. The van der Waals surface area contributed by atoms with E-state index in [4.69, 9.17) is 14.2 Å². The fraction of sp³-hybridized carbons (Fsp3) is 0.200. The van der Waals surface area contributed by atoms with Gasteiger partial charge in [0.1, 0.15) is 11.5 Å². The quantitative estimate of drug-likeness (QED) is 0.798. The standard InChI is InChI=1S/C20H20O3/c1-14-12-17(15-4-8-18(21-2)9-5-15)13-20(23-14)16-6-10-19(22-3)11-7-16/h4-14H,1-3H3/p+1. The second-order valence-electron chi connectivity index (χ2n) is 5.48. The molecule has 0 fully saturated rings. The van der Waals surface area contributed by atoms with Crippen molar-refractivity contribution in [3.8, 4) is 11.5 Å². The van der Waals surface area contributed by atoms with Gasteiger partial charge in [-0.3, -0.25) is 0 Å². The zero-order valence-electron chi connectivity index (χ0n) is 13.6. The molecule has 3 heteroatoms. The summed E-state index contributed by atoms with van der Waals surface area (Å²) in [7, 11) is 3.35. The Kier molecular flexibility index (Phi) is 4.38. The molecule has 1 N–H and O–H groups in total. The highest BCUT2D eigenvalue weighted by molar-refractivity contribution is 5.83. The molecule has 0 aromatic heterocycles. The molecule has 1 atom stereocenters. The summed E-state index contributed by atoms with van der Waals surface area (Å²) in [5.74, 6) is 2.71. The van der Waals surface area contributed by atoms with Crippen LogP contribution in [0.1, 0.15) is 18.1 Å². The van der Waals surface area contributed by atoms with Crippen LogP contribution in [-0.4, -0.2) is 25.1 Å². The Balaban J connectivity index is 1.91. The fourth-order valence-electron chi connectivity index (χ4n) is 2.63. The number of methoxy groups -OCH3 is 2. The van der Waals surface area contributed by atoms with Gasteiger partial charge in [-0.25, -0.2) is 0 Å². The van der Waals surface area contributed by atoms with Crippen LogP contribution < -0.4 is 9.47 Å². The number of rotatable bonds is 4. The molecule has 2 aromatic carbocycles. The summed E-state index contributed by atoms with van der Waals surface area (Å²) in [6, 6.07) is 16.1. The lowest BCUT2D eigenvalue weighted by Crippen LogP contribution is -2.14. The molecule has 1 aliphatic heterocycles. The first-order valence-electron chi connectivity index (χ1n) is 7.63. The minimum absolute atomic E-state index is 0.147. The largest absolute Gasteiger partial charge is 0.577 e. The van der Waals surface area contributed by atoms with Crippen molar-refractivity contribution in [1.29, 1.82) is 0 Å². The molecule has 23 heavy (non-hydrogen) atoms. The normalized spacial score (nSPS) is 16.9. The minimum atomic E-state index is 0.147. The SMILES string of the molecule is COc1ccc(C2=CC(C)[OH+]C(c3ccc(OC)cc3)=C2)cc1. The van der Waals surface area contributed by atoms with Gasteiger partial charge in [-0.05, 0) is 47.5 Å². The van der Waals surface area contributed by atoms with Crippen molar-refractivity contribution in [3.63, 3.8) is 0 Å². The monoisotopic (exact) mass is 309 g/mol. The van der Waals surface area contributed by atoms with Gasteiger partial charge in [0.05, 0.1) is 19.8 Å². The first kappa shape index (κ1) is 15.2. The van der Waals surface area contributed by atoms with Gasteiger partial charge in [0, 0.05) is 19.1 Å². The maximum atomic E-state index is 5.22. The summed E-state index contributed by atoms with van der Waals surface area (Å²) in [4.78, 5) is 0. The first-order valence-corrected chi connectivity index (χ1v) is 7.63. The molecule has 3 rings (SSSR count). The van der Waals surface area contributed by atoms with E-state index in [2.05, 4.69) is 31.2 Å². The van der Waals surface area contributed by atoms with Crippen LogP contribution >= 0.6 is 0 Å². The Hall–Kier alpha value is -2.68. The lowest BCUT2D eigenvalue weighted by Gasteiger charge is -2.19. The van der Waals surface area contributed by atoms with Crippen LogP contribution in [0.3, 0.4) is 0 Å². The maximum absolute atomic E-state index is 5.22. The number of allylic oxidation sites excluding steroid dienone is 2. The highest BCUT2D eigenvalue weighted by Gasteiger charge is 2.19. The van der Waals surface area contributed by atoms with E-state index < -0.39 is 0 Å². The van der Waals surface area contributed by atoms with Crippen molar-refractivity contribution in [2.24, 2.45) is 0 Å². The summed E-state index contributed by atoms with van der Waals surface area (Å²) in [6.07, 6.45) is 4.45. The molecular formula is C20H21O3+. The van der Waals surface area contributed by atoms with Gasteiger partial charge in [-0.1, -0.05) is 12.1 Å². The van der Waals surface area contributed by atoms with Crippen molar-refractivity contribution < 1.29 is 14.2 Å². The van der Waals surface area contributed by atoms with Crippen molar-refractivity contribution in [3.05, 3.63) is 71.8 Å². The average Bonchev–Trinajstić information content (AvgIpc) is 2.61. The predicted octanol–water partition coefficient (Wildman–Crippen LogP) is 4.06. The second kappa shape index (κ2) is 6.61.